The quantitative estimate of drug-likeness (QED) is 0.566. The van der Waals surface area contributed by atoms with Crippen molar-refractivity contribution in [3.05, 3.63) is 48.2 Å². The summed E-state index contributed by atoms with van der Waals surface area (Å²) in [6.45, 7) is 4.66. The Morgan fingerprint density at radius 1 is 1.14 bits per heavy atom. The molecule has 2 aromatic heterocycles. The fourth-order valence-electron chi connectivity index (χ4n) is 2.65. The maximum Gasteiger partial charge on any atom is 0.322 e. The van der Waals surface area contributed by atoms with E-state index in [4.69, 9.17) is 8.83 Å². The highest BCUT2D eigenvalue weighted by Gasteiger charge is 2.23. The topological polar surface area (TPSA) is 119 Å². The highest BCUT2D eigenvalue weighted by molar-refractivity contribution is 7.89. The molecule has 29 heavy (non-hydrogen) atoms. The number of carbonyl (C=O) groups is 1. The van der Waals surface area contributed by atoms with Gasteiger partial charge >= 0.3 is 6.01 Å². The van der Waals surface area contributed by atoms with Crippen LogP contribution in [0.3, 0.4) is 0 Å². The SMILES string of the molecule is CCCCN(CC)S(=O)(=O)c1ccc(C(=O)Nc2nnc(-c3ccco3)o2)cc1. The molecule has 0 aliphatic carbocycles. The van der Waals surface area contributed by atoms with E-state index in [1.807, 2.05) is 6.92 Å². The molecule has 3 rings (SSSR count). The molecule has 0 aliphatic rings. The number of nitrogens with one attached hydrogen (secondary N) is 1. The summed E-state index contributed by atoms with van der Waals surface area (Å²) in [4.78, 5) is 12.5. The first-order valence-electron chi connectivity index (χ1n) is 9.24. The van der Waals surface area contributed by atoms with Gasteiger partial charge in [0.1, 0.15) is 0 Å². The van der Waals surface area contributed by atoms with E-state index < -0.39 is 15.9 Å². The molecule has 0 aliphatic heterocycles. The predicted molar refractivity (Wildman–Crippen MR) is 106 cm³/mol. The zero-order chi connectivity index (χ0) is 20.9. The van der Waals surface area contributed by atoms with Gasteiger partial charge in [0.05, 0.1) is 11.2 Å². The van der Waals surface area contributed by atoms with Crippen LogP contribution in [-0.4, -0.2) is 41.9 Å². The Morgan fingerprint density at radius 3 is 2.52 bits per heavy atom. The van der Waals surface area contributed by atoms with E-state index >= 15 is 0 Å². The minimum atomic E-state index is -3.60. The molecule has 0 saturated heterocycles. The van der Waals surface area contributed by atoms with Crippen molar-refractivity contribution in [2.75, 3.05) is 18.4 Å². The van der Waals surface area contributed by atoms with Crippen LogP contribution >= 0.6 is 0 Å². The van der Waals surface area contributed by atoms with Crippen molar-refractivity contribution < 1.29 is 22.0 Å². The van der Waals surface area contributed by atoms with Crippen LogP contribution < -0.4 is 5.32 Å². The Bertz CT molecular complexity index is 1040. The van der Waals surface area contributed by atoms with Crippen LogP contribution in [0.15, 0.2) is 56.4 Å². The van der Waals surface area contributed by atoms with E-state index in [0.717, 1.165) is 12.8 Å². The van der Waals surface area contributed by atoms with Crippen molar-refractivity contribution in [3.8, 4) is 11.7 Å². The monoisotopic (exact) mass is 418 g/mol. The smallest absolute Gasteiger partial charge is 0.322 e. The van der Waals surface area contributed by atoms with Crippen molar-refractivity contribution in [3.63, 3.8) is 0 Å². The maximum atomic E-state index is 12.7. The molecule has 3 aromatic rings. The number of unbranched alkanes of at least 4 members (excludes halogenated alkanes) is 1. The number of furan rings is 1. The second-order valence-electron chi connectivity index (χ2n) is 6.22. The summed E-state index contributed by atoms with van der Waals surface area (Å²) in [7, 11) is -3.60. The molecule has 0 saturated carbocycles. The lowest BCUT2D eigenvalue weighted by molar-refractivity contribution is 0.102. The first-order chi connectivity index (χ1) is 14.0. The number of hydrogen-bond donors (Lipinski definition) is 1. The molecule has 154 valence electrons. The lowest BCUT2D eigenvalue weighted by Gasteiger charge is -2.20. The van der Waals surface area contributed by atoms with Gasteiger partial charge in [-0.3, -0.25) is 10.1 Å². The summed E-state index contributed by atoms with van der Waals surface area (Å²) >= 11 is 0. The van der Waals surface area contributed by atoms with Gasteiger partial charge in [0.25, 0.3) is 11.8 Å². The Kier molecular flexibility index (Phi) is 6.45. The minimum absolute atomic E-state index is 0.0881. The molecule has 0 radical (unpaired) electrons. The van der Waals surface area contributed by atoms with Crippen molar-refractivity contribution in [2.24, 2.45) is 0 Å². The number of hydrogen-bond acceptors (Lipinski definition) is 7. The van der Waals surface area contributed by atoms with Gasteiger partial charge in [-0.1, -0.05) is 25.4 Å². The van der Waals surface area contributed by atoms with Crippen LogP contribution in [-0.2, 0) is 10.0 Å². The van der Waals surface area contributed by atoms with Crippen LogP contribution in [0.25, 0.3) is 11.7 Å². The Balaban J connectivity index is 1.70. The van der Waals surface area contributed by atoms with E-state index in [9.17, 15) is 13.2 Å². The second kappa shape index (κ2) is 9.01. The fourth-order valence-corrected chi connectivity index (χ4v) is 4.14. The van der Waals surface area contributed by atoms with Crippen molar-refractivity contribution in [1.29, 1.82) is 0 Å². The molecular weight excluding hydrogens is 396 g/mol. The van der Waals surface area contributed by atoms with Gasteiger partial charge in [0, 0.05) is 18.7 Å². The first kappa shape index (κ1) is 20.7. The molecule has 0 unspecified atom stereocenters. The number of carbonyl (C=O) groups excluding carboxylic acids is 1. The van der Waals surface area contributed by atoms with E-state index in [1.54, 1.807) is 19.1 Å². The summed E-state index contributed by atoms with van der Waals surface area (Å²) in [5.41, 5.74) is 0.262. The summed E-state index contributed by atoms with van der Waals surface area (Å²) < 4.78 is 37.4. The number of anilines is 1. The zero-order valence-corrected chi connectivity index (χ0v) is 17.0. The van der Waals surface area contributed by atoms with E-state index in [-0.39, 0.29) is 22.4 Å². The number of sulfonamides is 1. The number of aromatic nitrogens is 2. The van der Waals surface area contributed by atoms with Gasteiger partial charge in [-0.15, -0.1) is 5.10 Å². The molecule has 0 atom stereocenters. The predicted octanol–water partition coefficient (Wildman–Crippen LogP) is 3.39. The van der Waals surface area contributed by atoms with Crippen LogP contribution in [0.1, 0.15) is 37.0 Å². The van der Waals surface area contributed by atoms with E-state index in [0.29, 0.717) is 18.8 Å². The molecule has 0 spiro atoms. The summed E-state index contributed by atoms with van der Waals surface area (Å²) in [5.74, 6) is 0.0245. The standard InChI is InChI=1S/C19H22N4O5S/c1-3-5-12-23(4-2)29(25,26)15-10-8-14(9-11-15)17(24)20-19-22-21-18(28-19)16-7-6-13-27-16/h6-11,13H,3-5,12H2,1-2H3,(H,20,22,24). The third kappa shape index (κ3) is 4.72. The van der Waals surface area contributed by atoms with Gasteiger partial charge in [0.2, 0.25) is 10.0 Å². The van der Waals surface area contributed by atoms with E-state index in [1.165, 1.54) is 34.8 Å². The maximum absolute atomic E-state index is 12.7. The van der Waals surface area contributed by atoms with Crippen molar-refractivity contribution in [2.45, 2.75) is 31.6 Å². The molecule has 1 N–H and O–H groups in total. The van der Waals surface area contributed by atoms with Gasteiger partial charge in [-0.05, 0) is 42.8 Å². The zero-order valence-electron chi connectivity index (χ0n) is 16.2. The van der Waals surface area contributed by atoms with Gasteiger partial charge in [-0.25, -0.2) is 8.42 Å². The molecular formula is C19H22N4O5S. The summed E-state index contributed by atoms with van der Waals surface area (Å²) in [5, 5.41) is 10.0. The average Bonchev–Trinajstić information content (AvgIpc) is 3.40. The number of nitrogens with zero attached hydrogens (tertiary/aromatic N) is 3. The van der Waals surface area contributed by atoms with Crippen LogP contribution in [0, 0.1) is 0 Å². The Hall–Kier alpha value is -2.98. The van der Waals surface area contributed by atoms with Gasteiger partial charge < -0.3 is 8.83 Å². The van der Waals surface area contributed by atoms with Crippen molar-refractivity contribution in [1.82, 2.24) is 14.5 Å². The number of rotatable bonds is 9. The highest BCUT2D eigenvalue weighted by Crippen LogP contribution is 2.21. The summed E-state index contributed by atoms with van der Waals surface area (Å²) in [6.07, 6.45) is 3.16. The largest absolute Gasteiger partial charge is 0.459 e. The Morgan fingerprint density at radius 2 is 1.90 bits per heavy atom. The van der Waals surface area contributed by atoms with Crippen LogP contribution in [0.5, 0.6) is 0 Å². The molecule has 9 nitrogen and oxygen atoms in total. The Labute approximate surface area is 168 Å². The summed E-state index contributed by atoms with van der Waals surface area (Å²) in [6, 6.07) is 8.96. The second-order valence-corrected chi connectivity index (χ2v) is 8.16. The lowest BCUT2D eigenvalue weighted by atomic mass is 10.2. The highest BCUT2D eigenvalue weighted by atomic mass is 32.2. The van der Waals surface area contributed by atoms with Crippen LogP contribution in [0.4, 0.5) is 6.01 Å². The molecule has 10 heteroatoms. The third-order valence-corrected chi connectivity index (χ3v) is 6.23. The molecule has 0 bridgehead atoms. The van der Waals surface area contributed by atoms with Gasteiger partial charge in [-0.2, -0.15) is 4.31 Å². The average molecular weight is 418 g/mol. The fraction of sp³-hybridized carbons (Fsp3) is 0.316. The van der Waals surface area contributed by atoms with E-state index in [2.05, 4.69) is 15.5 Å². The molecule has 0 fully saturated rings. The minimum Gasteiger partial charge on any atom is -0.459 e. The lowest BCUT2D eigenvalue weighted by Crippen LogP contribution is -2.31. The third-order valence-electron chi connectivity index (χ3n) is 4.25. The normalized spacial score (nSPS) is 11.7. The first-order valence-corrected chi connectivity index (χ1v) is 10.7. The molecule has 1 amide bonds. The molecule has 2 heterocycles. The van der Waals surface area contributed by atoms with Crippen molar-refractivity contribution >= 4 is 21.9 Å². The molecule has 1 aromatic carbocycles. The van der Waals surface area contributed by atoms with Gasteiger partial charge in [0.15, 0.2) is 5.76 Å². The van der Waals surface area contributed by atoms with Crippen LogP contribution in [0.2, 0.25) is 0 Å². The number of amides is 1. The number of benzene rings is 1.